The fourth-order valence-corrected chi connectivity index (χ4v) is 2.57. The first-order valence-corrected chi connectivity index (χ1v) is 8.13. The lowest BCUT2D eigenvalue weighted by molar-refractivity contribution is -0.145. The number of amides is 2. The van der Waals surface area contributed by atoms with Crippen LogP contribution in [0.15, 0.2) is 0 Å². The monoisotopic (exact) mass is 333 g/mol. The predicted molar refractivity (Wildman–Crippen MR) is 92.0 cm³/mol. The molecule has 1 rings (SSSR count). The molecule has 2 N–H and O–H groups in total. The molecule has 22 heavy (non-hydrogen) atoms. The minimum atomic E-state index is -0.338. The number of nitrogens with two attached hydrogens (primary N) is 1. The highest BCUT2D eigenvalue weighted by atomic mass is 35.5. The van der Waals surface area contributed by atoms with Gasteiger partial charge >= 0.3 is 0 Å². The highest BCUT2D eigenvalue weighted by molar-refractivity contribution is 5.85. The van der Waals surface area contributed by atoms with Gasteiger partial charge in [0.15, 0.2) is 0 Å². The zero-order valence-electron chi connectivity index (χ0n) is 14.3. The largest absolute Gasteiger partial charge is 0.339 e. The fraction of sp³-hybridized carbons (Fsp3) is 0.875. The highest BCUT2D eigenvalue weighted by Crippen LogP contribution is 2.19. The number of carbonyl (C=O) groups excluding carboxylic acids is 2. The first-order valence-electron chi connectivity index (χ1n) is 8.13. The van der Waals surface area contributed by atoms with Gasteiger partial charge in [-0.2, -0.15) is 0 Å². The number of hydrogen-bond donors (Lipinski definition) is 1. The summed E-state index contributed by atoms with van der Waals surface area (Å²) in [5, 5.41) is 0. The standard InChI is InChI=1S/C16H31N3O2.ClH/c1-16(2,3)15(21)19-12-10-18(11-13-19)14(20)8-6-4-5-7-9-17;/h4-13,17H2,1-3H3;1H. The molecule has 130 valence electrons. The summed E-state index contributed by atoms with van der Waals surface area (Å²) >= 11 is 0. The fourth-order valence-electron chi connectivity index (χ4n) is 2.57. The average molecular weight is 334 g/mol. The molecule has 2 amide bonds. The topological polar surface area (TPSA) is 66.6 Å². The summed E-state index contributed by atoms with van der Waals surface area (Å²) in [5.74, 6) is 0.405. The van der Waals surface area contributed by atoms with E-state index in [4.69, 9.17) is 5.73 Å². The second-order valence-corrected chi connectivity index (χ2v) is 6.88. The van der Waals surface area contributed by atoms with Crippen LogP contribution in [0.3, 0.4) is 0 Å². The Balaban J connectivity index is 0.00000441. The average Bonchev–Trinajstić information content (AvgIpc) is 2.45. The Hall–Kier alpha value is -0.810. The summed E-state index contributed by atoms with van der Waals surface area (Å²) in [6.07, 6.45) is 4.79. The van der Waals surface area contributed by atoms with Crippen LogP contribution in [0.5, 0.6) is 0 Å². The van der Waals surface area contributed by atoms with Gasteiger partial charge in [-0.25, -0.2) is 0 Å². The smallest absolute Gasteiger partial charge is 0.228 e. The lowest BCUT2D eigenvalue weighted by atomic mass is 9.94. The van der Waals surface area contributed by atoms with E-state index < -0.39 is 0 Å². The number of rotatable bonds is 6. The van der Waals surface area contributed by atoms with E-state index in [2.05, 4.69) is 0 Å². The van der Waals surface area contributed by atoms with E-state index in [9.17, 15) is 9.59 Å². The third-order valence-corrected chi connectivity index (χ3v) is 3.91. The van der Waals surface area contributed by atoms with Gasteiger partial charge in [0.1, 0.15) is 0 Å². The molecule has 0 bridgehead atoms. The molecular weight excluding hydrogens is 302 g/mol. The van der Waals surface area contributed by atoms with Gasteiger partial charge in [-0.05, 0) is 19.4 Å². The molecule has 0 aromatic heterocycles. The lowest BCUT2D eigenvalue weighted by Gasteiger charge is -2.37. The number of piperazine rings is 1. The zero-order valence-corrected chi connectivity index (χ0v) is 15.1. The minimum Gasteiger partial charge on any atom is -0.339 e. The maximum atomic E-state index is 12.2. The number of unbranched alkanes of at least 4 members (excludes halogenated alkanes) is 3. The second-order valence-electron chi connectivity index (χ2n) is 6.88. The number of carbonyl (C=O) groups is 2. The molecule has 0 aliphatic carbocycles. The molecule has 1 heterocycles. The summed E-state index contributed by atoms with van der Waals surface area (Å²) < 4.78 is 0. The Kier molecular flexibility index (Phi) is 9.69. The van der Waals surface area contributed by atoms with Crippen LogP contribution < -0.4 is 5.73 Å². The van der Waals surface area contributed by atoms with E-state index in [0.29, 0.717) is 32.6 Å². The Morgan fingerprint density at radius 2 is 1.41 bits per heavy atom. The molecule has 1 aliphatic rings. The second kappa shape index (κ2) is 10.1. The summed E-state index contributed by atoms with van der Waals surface area (Å²) in [6.45, 7) is 9.21. The summed E-state index contributed by atoms with van der Waals surface area (Å²) in [6, 6.07) is 0. The van der Waals surface area contributed by atoms with Crippen molar-refractivity contribution in [1.29, 1.82) is 0 Å². The van der Waals surface area contributed by atoms with Crippen LogP contribution in [-0.4, -0.2) is 54.3 Å². The van der Waals surface area contributed by atoms with Crippen molar-refractivity contribution in [3.63, 3.8) is 0 Å². The van der Waals surface area contributed by atoms with E-state index in [1.54, 1.807) is 0 Å². The van der Waals surface area contributed by atoms with Crippen molar-refractivity contribution >= 4 is 24.2 Å². The van der Waals surface area contributed by atoms with Gasteiger partial charge in [0.05, 0.1) is 0 Å². The molecular formula is C16H32ClN3O2. The first-order chi connectivity index (χ1) is 9.86. The predicted octanol–water partition coefficient (Wildman–Crippen LogP) is 2.03. The zero-order chi connectivity index (χ0) is 15.9. The van der Waals surface area contributed by atoms with Crippen molar-refractivity contribution in [3.05, 3.63) is 0 Å². The molecule has 0 atom stereocenters. The number of hydrogen-bond acceptors (Lipinski definition) is 3. The molecule has 6 heteroatoms. The maximum Gasteiger partial charge on any atom is 0.228 e. The van der Waals surface area contributed by atoms with E-state index in [1.165, 1.54) is 0 Å². The van der Waals surface area contributed by atoms with Crippen molar-refractivity contribution in [2.45, 2.75) is 52.9 Å². The van der Waals surface area contributed by atoms with Gasteiger partial charge in [-0.3, -0.25) is 9.59 Å². The van der Waals surface area contributed by atoms with Crippen molar-refractivity contribution in [2.75, 3.05) is 32.7 Å². The molecule has 0 radical (unpaired) electrons. The third kappa shape index (κ3) is 6.97. The van der Waals surface area contributed by atoms with E-state index in [1.807, 2.05) is 30.6 Å². The van der Waals surface area contributed by atoms with Crippen molar-refractivity contribution < 1.29 is 9.59 Å². The van der Waals surface area contributed by atoms with E-state index in [0.717, 1.165) is 32.2 Å². The molecule has 0 spiro atoms. The number of nitrogens with zero attached hydrogens (tertiary/aromatic N) is 2. The Labute approximate surface area is 141 Å². The SMILES string of the molecule is CC(C)(C)C(=O)N1CCN(C(=O)CCCCCCN)CC1.Cl. The molecule has 5 nitrogen and oxygen atoms in total. The maximum absolute atomic E-state index is 12.2. The van der Waals surface area contributed by atoms with Crippen LogP contribution in [0.2, 0.25) is 0 Å². The Bertz CT molecular complexity index is 348. The molecule has 0 saturated carbocycles. The summed E-state index contributed by atoms with van der Waals surface area (Å²) in [5.41, 5.74) is 5.11. The Morgan fingerprint density at radius 1 is 0.909 bits per heavy atom. The molecule has 0 aromatic rings. The van der Waals surface area contributed by atoms with Crippen LogP contribution >= 0.6 is 12.4 Å². The van der Waals surface area contributed by atoms with Crippen LogP contribution in [0.4, 0.5) is 0 Å². The van der Waals surface area contributed by atoms with Crippen LogP contribution in [0.25, 0.3) is 0 Å². The van der Waals surface area contributed by atoms with Gasteiger partial charge < -0.3 is 15.5 Å². The van der Waals surface area contributed by atoms with Gasteiger partial charge in [0, 0.05) is 38.0 Å². The molecule has 1 aliphatic heterocycles. The molecule has 1 saturated heterocycles. The van der Waals surface area contributed by atoms with Crippen LogP contribution in [0.1, 0.15) is 52.9 Å². The van der Waals surface area contributed by atoms with E-state index in [-0.39, 0.29) is 29.6 Å². The van der Waals surface area contributed by atoms with E-state index >= 15 is 0 Å². The van der Waals surface area contributed by atoms with Crippen molar-refractivity contribution in [3.8, 4) is 0 Å². The number of halogens is 1. The van der Waals surface area contributed by atoms with Crippen molar-refractivity contribution in [2.24, 2.45) is 11.1 Å². The first kappa shape index (κ1) is 21.2. The van der Waals surface area contributed by atoms with Crippen LogP contribution in [0, 0.1) is 5.41 Å². The molecule has 1 fully saturated rings. The summed E-state index contributed by atoms with van der Waals surface area (Å²) in [4.78, 5) is 28.1. The minimum absolute atomic E-state index is 0. The van der Waals surface area contributed by atoms with Gasteiger partial charge in [0.25, 0.3) is 0 Å². The third-order valence-electron chi connectivity index (χ3n) is 3.91. The van der Waals surface area contributed by atoms with Gasteiger partial charge in [0.2, 0.25) is 11.8 Å². The van der Waals surface area contributed by atoms with Crippen LogP contribution in [-0.2, 0) is 9.59 Å². The Morgan fingerprint density at radius 3 is 1.91 bits per heavy atom. The van der Waals surface area contributed by atoms with Gasteiger partial charge in [-0.15, -0.1) is 12.4 Å². The van der Waals surface area contributed by atoms with Crippen molar-refractivity contribution in [1.82, 2.24) is 9.80 Å². The lowest BCUT2D eigenvalue weighted by Crippen LogP contribution is -2.53. The molecule has 0 unspecified atom stereocenters. The normalized spacial score (nSPS) is 15.5. The summed E-state index contributed by atoms with van der Waals surface area (Å²) in [7, 11) is 0. The quantitative estimate of drug-likeness (QED) is 0.756. The van der Waals surface area contributed by atoms with Gasteiger partial charge in [-0.1, -0.05) is 33.6 Å². The highest BCUT2D eigenvalue weighted by Gasteiger charge is 2.30. The molecule has 0 aromatic carbocycles.